The van der Waals surface area contributed by atoms with E-state index in [9.17, 15) is 9.18 Å². The summed E-state index contributed by atoms with van der Waals surface area (Å²) in [5.41, 5.74) is 3.03. The maximum atomic E-state index is 14.6. The van der Waals surface area contributed by atoms with Crippen molar-refractivity contribution in [1.82, 2.24) is 20.2 Å². The Balaban J connectivity index is 1.35. The van der Waals surface area contributed by atoms with E-state index in [0.29, 0.717) is 51.3 Å². The minimum atomic E-state index is -0.646. The Labute approximate surface area is 220 Å². The lowest BCUT2D eigenvalue weighted by Crippen LogP contribution is -2.04. The summed E-state index contributed by atoms with van der Waals surface area (Å²) in [6.45, 7) is 0.343. The molecule has 2 heterocycles. The number of halogens is 2. The molecule has 3 aromatic carbocycles. The van der Waals surface area contributed by atoms with E-state index in [2.05, 4.69) is 36.1 Å². The number of nitrogens with zero attached hydrogens (tertiary/aromatic N) is 4. The second-order valence-corrected chi connectivity index (χ2v) is 8.26. The summed E-state index contributed by atoms with van der Waals surface area (Å²) in [6, 6.07) is 19.1. The molecule has 0 aliphatic rings. The number of ether oxygens (including phenoxy) is 1. The number of hydrogen-bond acceptors (Lipinski definition) is 10. The summed E-state index contributed by atoms with van der Waals surface area (Å²) in [6.07, 6.45) is 1.06. The summed E-state index contributed by atoms with van der Waals surface area (Å²) in [5, 5.41) is 17.7. The molecule has 0 amide bonds. The molecule has 0 saturated heterocycles. The SMILES string of the molecule is CNc1cc(Nc2ncc(F)c(Nc3cccc(-c4nnc(-c5cccc(Cl)c5)o4)c3)n2)ccc1OC=O. The van der Waals surface area contributed by atoms with Crippen molar-refractivity contribution in [2.75, 3.05) is 23.0 Å². The zero-order valence-electron chi connectivity index (χ0n) is 19.8. The average Bonchev–Trinajstić information content (AvgIpc) is 3.42. The van der Waals surface area contributed by atoms with E-state index in [4.69, 9.17) is 20.8 Å². The van der Waals surface area contributed by atoms with Gasteiger partial charge in [0.25, 0.3) is 6.47 Å². The summed E-state index contributed by atoms with van der Waals surface area (Å²) in [4.78, 5) is 18.9. The molecule has 2 aromatic heterocycles. The largest absolute Gasteiger partial charge is 0.427 e. The molecule has 5 aromatic rings. The average molecular weight is 532 g/mol. The van der Waals surface area contributed by atoms with Crippen LogP contribution in [0, 0.1) is 5.82 Å². The highest BCUT2D eigenvalue weighted by molar-refractivity contribution is 6.30. The van der Waals surface area contributed by atoms with Gasteiger partial charge >= 0.3 is 0 Å². The smallest absolute Gasteiger partial charge is 0.298 e. The van der Waals surface area contributed by atoms with Crippen LogP contribution in [-0.2, 0) is 4.79 Å². The highest BCUT2D eigenvalue weighted by atomic mass is 35.5. The molecule has 3 N–H and O–H groups in total. The Hall–Kier alpha value is -5.03. The first kappa shape index (κ1) is 24.7. The van der Waals surface area contributed by atoms with Crippen molar-refractivity contribution in [3.8, 4) is 28.7 Å². The molecule has 0 bridgehead atoms. The van der Waals surface area contributed by atoms with E-state index in [1.165, 1.54) is 0 Å². The van der Waals surface area contributed by atoms with Gasteiger partial charge in [-0.25, -0.2) is 9.37 Å². The fourth-order valence-electron chi connectivity index (χ4n) is 3.55. The lowest BCUT2D eigenvalue weighted by atomic mass is 10.2. The number of aromatic nitrogens is 4. The summed E-state index contributed by atoms with van der Waals surface area (Å²) >= 11 is 6.05. The minimum Gasteiger partial charge on any atom is -0.427 e. The van der Waals surface area contributed by atoms with Gasteiger partial charge in [-0.05, 0) is 54.6 Å². The van der Waals surface area contributed by atoms with Gasteiger partial charge in [0.15, 0.2) is 17.4 Å². The monoisotopic (exact) mass is 531 g/mol. The van der Waals surface area contributed by atoms with Gasteiger partial charge in [0.2, 0.25) is 17.7 Å². The molecule has 0 aliphatic heterocycles. The topological polar surface area (TPSA) is 127 Å². The minimum absolute atomic E-state index is 0.0421. The molecule has 5 rings (SSSR count). The van der Waals surface area contributed by atoms with Crippen molar-refractivity contribution in [1.29, 1.82) is 0 Å². The predicted molar refractivity (Wildman–Crippen MR) is 141 cm³/mol. The molecule has 0 spiro atoms. The molecular formula is C26H19ClFN7O3. The van der Waals surface area contributed by atoms with Crippen molar-refractivity contribution >= 4 is 46.9 Å². The van der Waals surface area contributed by atoms with Crippen LogP contribution in [0.5, 0.6) is 5.75 Å². The lowest BCUT2D eigenvalue weighted by molar-refractivity contribution is -0.120. The molecule has 12 heteroatoms. The van der Waals surface area contributed by atoms with Crippen LogP contribution in [-0.4, -0.2) is 33.7 Å². The summed E-state index contributed by atoms with van der Waals surface area (Å²) in [7, 11) is 1.69. The highest BCUT2D eigenvalue weighted by Crippen LogP contribution is 2.30. The number of rotatable bonds is 9. The maximum Gasteiger partial charge on any atom is 0.298 e. The van der Waals surface area contributed by atoms with Crippen LogP contribution >= 0.6 is 11.6 Å². The van der Waals surface area contributed by atoms with E-state index in [1.54, 1.807) is 67.7 Å². The van der Waals surface area contributed by atoms with Crippen LogP contribution in [0.15, 0.2) is 77.3 Å². The summed E-state index contributed by atoms with van der Waals surface area (Å²) in [5.74, 6) is 0.435. The third kappa shape index (κ3) is 5.52. The van der Waals surface area contributed by atoms with E-state index >= 15 is 0 Å². The van der Waals surface area contributed by atoms with Crippen LogP contribution in [0.4, 0.5) is 33.2 Å². The van der Waals surface area contributed by atoms with Crippen molar-refractivity contribution in [2.45, 2.75) is 0 Å². The first-order chi connectivity index (χ1) is 18.5. The molecule has 10 nitrogen and oxygen atoms in total. The standard InChI is InChI=1S/C26H19ClFN7O3/c1-29-21-12-19(8-9-22(21)37-14-36)32-26-30-13-20(28)23(33-26)31-18-7-3-5-16(11-18)25-35-34-24(38-25)15-4-2-6-17(27)10-15/h2-14,29H,1H3,(H2,30,31,32,33). The van der Waals surface area contributed by atoms with E-state index in [0.717, 1.165) is 6.20 Å². The molecule has 0 fully saturated rings. The van der Waals surface area contributed by atoms with Gasteiger partial charge in [-0.15, -0.1) is 10.2 Å². The second-order valence-electron chi connectivity index (χ2n) is 7.82. The maximum absolute atomic E-state index is 14.6. The van der Waals surface area contributed by atoms with Crippen molar-refractivity contribution in [3.63, 3.8) is 0 Å². The van der Waals surface area contributed by atoms with Crippen LogP contribution in [0.3, 0.4) is 0 Å². The predicted octanol–water partition coefficient (Wildman–Crippen LogP) is 6.05. The second kappa shape index (κ2) is 10.9. The zero-order chi connectivity index (χ0) is 26.5. The van der Waals surface area contributed by atoms with Gasteiger partial charge in [0, 0.05) is 34.6 Å². The Morgan fingerprint density at radius 1 is 0.947 bits per heavy atom. The van der Waals surface area contributed by atoms with E-state index in [1.807, 2.05) is 6.07 Å². The lowest BCUT2D eigenvalue weighted by Gasteiger charge is -2.12. The number of benzene rings is 3. The first-order valence-corrected chi connectivity index (χ1v) is 11.6. The zero-order valence-corrected chi connectivity index (χ0v) is 20.5. The fraction of sp³-hybridized carbons (Fsp3) is 0.0385. The van der Waals surface area contributed by atoms with Gasteiger partial charge in [0.1, 0.15) is 0 Å². The molecule has 0 atom stereocenters. The number of carbonyl (C=O) groups excluding carboxylic acids is 1. The molecule has 190 valence electrons. The normalized spacial score (nSPS) is 10.6. The van der Waals surface area contributed by atoms with Crippen molar-refractivity contribution < 1.29 is 18.3 Å². The highest BCUT2D eigenvalue weighted by Gasteiger charge is 2.13. The van der Waals surface area contributed by atoms with Gasteiger partial charge in [0.05, 0.1) is 11.9 Å². The Morgan fingerprint density at radius 3 is 2.42 bits per heavy atom. The Kier molecular flexibility index (Phi) is 7.09. The molecule has 38 heavy (non-hydrogen) atoms. The Morgan fingerprint density at radius 2 is 1.68 bits per heavy atom. The fourth-order valence-corrected chi connectivity index (χ4v) is 3.74. The third-order valence-corrected chi connectivity index (χ3v) is 5.53. The first-order valence-electron chi connectivity index (χ1n) is 11.2. The molecular weight excluding hydrogens is 513 g/mol. The van der Waals surface area contributed by atoms with Gasteiger partial charge < -0.3 is 25.1 Å². The van der Waals surface area contributed by atoms with Crippen LogP contribution < -0.4 is 20.7 Å². The molecule has 0 aliphatic carbocycles. The van der Waals surface area contributed by atoms with Gasteiger partial charge in [-0.2, -0.15) is 4.98 Å². The van der Waals surface area contributed by atoms with Gasteiger partial charge in [-0.1, -0.05) is 23.7 Å². The van der Waals surface area contributed by atoms with E-state index in [-0.39, 0.29) is 17.7 Å². The van der Waals surface area contributed by atoms with Gasteiger partial charge in [-0.3, -0.25) is 4.79 Å². The van der Waals surface area contributed by atoms with Crippen molar-refractivity contribution in [3.05, 3.63) is 83.8 Å². The van der Waals surface area contributed by atoms with Crippen LogP contribution in [0.1, 0.15) is 0 Å². The molecule has 0 radical (unpaired) electrons. The molecule has 0 saturated carbocycles. The van der Waals surface area contributed by atoms with Crippen molar-refractivity contribution in [2.24, 2.45) is 0 Å². The number of hydrogen-bond donors (Lipinski definition) is 3. The summed E-state index contributed by atoms with van der Waals surface area (Å²) < 4.78 is 25.3. The third-order valence-electron chi connectivity index (χ3n) is 5.29. The van der Waals surface area contributed by atoms with Crippen LogP contribution in [0.2, 0.25) is 5.02 Å². The number of nitrogens with one attached hydrogen (secondary N) is 3. The Bertz CT molecular complexity index is 1610. The van der Waals surface area contributed by atoms with Crippen LogP contribution in [0.25, 0.3) is 22.9 Å². The quantitative estimate of drug-likeness (QED) is 0.193. The number of anilines is 5. The number of carbonyl (C=O) groups is 1. The van der Waals surface area contributed by atoms with E-state index < -0.39 is 5.82 Å². The molecule has 0 unspecified atom stereocenters.